The molecule has 2 aliphatic heterocycles. The minimum absolute atomic E-state index is 0.0655. The molecule has 0 aromatic heterocycles. The van der Waals surface area contributed by atoms with Crippen LogP contribution in [0.25, 0.3) is 0 Å². The summed E-state index contributed by atoms with van der Waals surface area (Å²) in [7, 11) is 0. The third kappa shape index (κ3) is 4.67. The van der Waals surface area contributed by atoms with E-state index in [0.29, 0.717) is 23.7 Å². The Hall–Kier alpha value is -1.99. The lowest BCUT2D eigenvalue weighted by Crippen LogP contribution is -2.58. The van der Waals surface area contributed by atoms with Gasteiger partial charge in [-0.2, -0.15) is 0 Å². The summed E-state index contributed by atoms with van der Waals surface area (Å²) in [5.74, 6) is -0.291. The topological polar surface area (TPSA) is 47.0 Å². The quantitative estimate of drug-likeness (QED) is 0.808. The highest BCUT2D eigenvalue weighted by molar-refractivity contribution is 6.30. The highest BCUT2D eigenvalue weighted by Gasteiger charge is 2.41. The predicted molar refractivity (Wildman–Crippen MR) is 115 cm³/mol. The molecule has 0 bridgehead atoms. The Bertz CT molecular complexity index is 877. The molecule has 3 atom stereocenters. The Kier molecular flexibility index (Phi) is 6.39. The number of halogens is 2. The number of hydrogen-bond acceptors (Lipinski definition) is 4. The van der Waals surface area contributed by atoms with Crippen molar-refractivity contribution >= 4 is 17.5 Å². The van der Waals surface area contributed by atoms with Gasteiger partial charge in [-0.1, -0.05) is 23.7 Å². The Balaban J connectivity index is 1.35. The average molecular weight is 432 g/mol. The lowest BCUT2D eigenvalue weighted by atomic mass is 10.1. The second kappa shape index (κ2) is 9.02. The van der Waals surface area contributed by atoms with Crippen LogP contribution in [0.3, 0.4) is 0 Å². The molecule has 2 aliphatic rings. The normalized spacial score (nSPS) is 25.6. The van der Waals surface area contributed by atoms with Crippen LogP contribution in [-0.2, 0) is 6.54 Å². The molecule has 2 aromatic carbocycles. The van der Waals surface area contributed by atoms with Crippen molar-refractivity contribution in [2.75, 3.05) is 32.7 Å². The van der Waals surface area contributed by atoms with E-state index in [1.165, 1.54) is 12.1 Å². The van der Waals surface area contributed by atoms with Crippen molar-refractivity contribution in [3.05, 3.63) is 70.5 Å². The zero-order chi connectivity index (χ0) is 21.3. The molecule has 0 spiro atoms. The van der Waals surface area contributed by atoms with Crippen LogP contribution < -0.4 is 0 Å². The molecule has 0 aliphatic carbocycles. The van der Waals surface area contributed by atoms with Crippen LogP contribution in [0, 0.1) is 5.82 Å². The minimum atomic E-state index is -0.563. The number of benzene rings is 2. The standard InChI is InChI=1S/C23H27ClFN3O2/c1-16-12-26(13-17-2-8-20(25)9-3-17)10-11-28(16)21-14-27(15-22(21)29)23(30)18-4-6-19(24)7-5-18/h2-9,16,21-22,29H,10-15H2,1H3/t16-,21?,22?/m1/s1. The first-order valence-electron chi connectivity index (χ1n) is 10.4. The van der Waals surface area contributed by atoms with Gasteiger partial charge in [0, 0.05) is 55.9 Å². The second-order valence-electron chi connectivity index (χ2n) is 8.30. The molecule has 2 unspecified atom stereocenters. The minimum Gasteiger partial charge on any atom is -0.390 e. The van der Waals surface area contributed by atoms with Crippen molar-refractivity contribution < 1.29 is 14.3 Å². The summed E-state index contributed by atoms with van der Waals surface area (Å²) in [4.78, 5) is 19.2. The van der Waals surface area contributed by atoms with Gasteiger partial charge in [0.25, 0.3) is 5.91 Å². The summed E-state index contributed by atoms with van der Waals surface area (Å²) in [5.41, 5.74) is 1.68. The van der Waals surface area contributed by atoms with Crippen molar-refractivity contribution in [2.24, 2.45) is 0 Å². The molecule has 2 aromatic rings. The van der Waals surface area contributed by atoms with Crippen molar-refractivity contribution in [3.63, 3.8) is 0 Å². The number of carbonyl (C=O) groups is 1. The first-order valence-corrected chi connectivity index (χ1v) is 10.7. The summed E-state index contributed by atoms with van der Waals surface area (Å²) >= 11 is 5.92. The molecular formula is C23H27ClFN3O2. The third-order valence-corrected chi connectivity index (χ3v) is 6.40. The Morgan fingerprint density at radius 3 is 2.43 bits per heavy atom. The van der Waals surface area contributed by atoms with Gasteiger partial charge in [0.2, 0.25) is 0 Å². The van der Waals surface area contributed by atoms with E-state index in [2.05, 4.69) is 16.7 Å². The van der Waals surface area contributed by atoms with Gasteiger partial charge in [0.1, 0.15) is 5.82 Å². The number of β-amino-alcohol motifs (C(OH)–C–C–N with tert-alkyl or cyclic N) is 1. The molecule has 160 valence electrons. The fourth-order valence-corrected chi connectivity index (χ4v) is 4.69. The smallest absolute Gasteiger partial charge is 0.253 e. The number of hydrogen-bond donors (Lipinski definition) is 1. The average Bonchev–Trinajstić information content (AvgIpc) is 3.11. The summed E-state index contributed by atoms with van der Waals surface area (Å²) in [6, 6.07) is 13.7. The lowest BCUT2D eigenvalue weighted by molar-refractivity contribution is 0.00865. The fourth-order valence-electron chi connectivity index (χ4n) is 4.57. The van der Waals surface area contributed by atoms with E-state index >= 15 is 0 Å². The van der Waals surface area contributed by atoms with E-state index < -0.39 is 6.10 Å². The number of piperazine rings is 1. The SMILES string of the molecule is C[C@@H]1CN(Cc2ccc(F)cc2)CCN1C1CN(C(=O)c2ccc(Cl)cc2)CC1O. The number of rotatable bonds is 4. The summed E-state index contributed by atoms with van der Waals surface area (Å²) in [6.45, 7) is 6.37. The first-order chi connectivity index (χ1) is 14.4. The van der Waals surface area contributed by atoms with E-state index in [9.17, 15) is 14.3 Å². The number of aliphatic hydroxyl groups excluding tert-OH is 1. The van der Waals surface area contributed by atoms with Gasteiger partial charge in [-0.15, -0.1) is 0 Å². The number of carbonyl (C=O) groups excluding carboxylic acids is 1. The van der Waals surface area contributed by atoms with Gasteiger partial charge in [0.15, 0.2) is 0 Å². The number of likely N-dealkylation sites (tertiary alicyclic amines) is 1. The second-order valence-corrected chi connectivity index (χ2v) is 8.74. The number of aliphatic hydroxyl groups is 1. The molecule has 30 heavy (non-hydrogen) atoms. The van der Waals surface area contributed by atoms with Crippen molar-refractivity contribution in [2.45, 2.75) is 31.7 Å². The van der Waals surface area contributed by atoms with Crippen LogP contribution in [0.2, 0.25) is 5.02 Å². The maximum Gasteiger partial charge on any atom is 0.253 e. The highest BCUT2D eigenvalue weighted by atomic mass is 35.5. The molecule has 2 heterocycles. The Labute approximate surface area is 181 Å². The fraction of sp³-hybridized carbons (Fsp3) is 0.435. The number of nitrogens with zero attached hydrogens (tertiary/aromatic N) is 3. The van der Waals surface area contributed by atoms with E-state index in [0.717, 1.165) is 31.7 Å². The van der Waals surface area contributed by atoms with E-state index in [-0.39, 0.29) is 23.8 Å². The van der Waals surface area contributed by atoms with Gasteiger partial charge in [0.05, 0.1) is 12.1 Å². The molecule has 0 radical (unpaired) electrons. The monoisotopic (exact) mass is 431 g/mol. The van der Waals surface area contributed by atoms with Gasteiger partial charge in [-0.25, -0.2) is 4.39 Å². The lowest BCUT2D eigenvalue weighted by Gasteiger charge is -2.43. The third-order valence-electron chi connectivity index (χ3n) is 6.15. The van der Waals surface area contributed by atoms with Crippen molar-refractivity contribution in [1.29, 1.82) is 0 Å². The molecular weight excluding hydrogens is 405 g/mol. The molecule has 5 nitrogen and oxygen atoms in total. The van der Waals surface area contributed by atoms with Crippen LogP contribution in [0.15, 0.2) is 48.5 Å². The van der Waals surface area contributed by atoms with Crippen LogP contribution in [-0.4, -0.2) is 76.6 Å². The predicted octanol–water partition coefficient (Wildman–Crippen LogP) is 2.87. The van der Waals surface area contributed by atoms with Crippen LogP contribution in [0.5, 0.6) is 0 Å². The summed E-state index contributed by atoms with van der Waals surface area (Å²) < 4.78 is 13.1. The zero-order valence-electron chi connectivity index (χ0n) is 17.0. The van der Waals surface area contributed by atoms with Gasteiger partial charge >= 0.3 is 0 Å². The molecule has 2 saturated heterocycles. The summed E-state index contributed by atoms with van der Waals surface area (Å²) in [5, 5.41) is 11.3. The first kappa shape index (κ1) is 21.2. The van der Waals surface area contributed by atoms with E-state index in [1.807, 2.05) is 12.1 Å². The van der Waals surface area contributed by atoms with Crippen molar-refractivity contribution in [1.82, 2.24) is 14.7 Å². The maximum absolute atomic E-state index is 13.1. The molecule has 1 amide bonds. The van der Waals surface area contributed by atoms with Gasteiger partial charge in [-0.05, 0) is 48.9 Å². The van der Waals surface area contributed by atoms with Crippen LogP contribution in [0.4, 0.5) is 4.39 Å². The van der Waals surface area contributed by atoms with Crippen molar-refractivity contribution in [3.8, 4) is 0 Å². The summed E-state index contributed by atoms with van der Waals surface area (Å²) in [6.07, 6.45) is -0.563. The van der Waals surface area contributed by atoms with Gasteiger partial charge < -0.3 is 10.0 Å². The zero-order valence-corrected chi connectivity index (χ0v) is 17.8. The molecule has 0 saturated carbocycles. The molecule has 2 fully saturated rings. The van der Waals surface area contributed by atoms with Gasteiger partial charge in [-0.3, -0.25) is 14.6 Å². The highest BCUT2D eigenvalue weighted by Crippen LogP contribution is 2.24. The van der Waals surface area contributed by atoms with E-state index in [4.69, 9.17) is 11.6 Å². The van der Waals surface area contributed by atoms with Crippen LogP contribution >= 0.6 is 11.6 Å². The maximum atomic E-state index is 13.1. The Morgan fingerprint density at radius 1 is 1.07 bits per heavy atom. The van der Waals surface area contributed by atoms with Crippen LogP contribution in [0.1, 0.15) is 22.8 Å². The molecule has 4 rings (SSSR count). The van der Waals surface area contributed by atoms with E-state index in [1.54, 1.807) is 29.2 Å². The molecule has 1 N–H and O–H groups in total. The largest absolute Gasteiger partial charge is 0.390 e. The molecule has 7 heteroatoms. The number of amides is 1. The Morgan fingerprint density at radius 2 is 1.77 bits per heavy atom.